The topological polar surface area (TPSA) is 99.8 Å². The minimum Gasteiger partial charge on any atom is -0.340 e. The SMILES string of the molecule is CSCCC(NC(=O)c1ccccc1Cl)C(=O)Nc1ncn[nH]1. The largest absolute Gasteiger partial charge is 0.340 e. The fourth-order valence-electron chi connectivity index (χ4n) is 1.86. The number of benzene rings is 1. The van der Waals surface area contributed by atoms with Gasteiger partial charge in [0.2, 0.25) is 11.9 Å². The van der Waals surface area contributed by atoms with Gasteiger partial charge in [-0.25, -0.2) is 5.10 Å². The monoisotopic (exact) mass is 353 g/mol. The van der Waals surface area contributed by atoms with Crippen molar-refractivity contribution in [3.05, 3.63) is 41.2 Å². The molecule has 9 heteroatoms. The van der Waals surface area contributed by atoms with Crippen LogP contribution >= 0.6 is 23.4 Å². The Balaban J connectivity index is 2.07. The zero-order chi connectivity index (χ0) is 16.7. The zero-order valence-corrected chi connectivity index (χ0v) is 13.9. The molecule has 2 rings (SSSR count). The molecule has 2 aromatic rings. The molecule has 0 radical (unpaired) electrons. The van der Waals surface area contributed by atoms with Gasteiger partial charge in [-0.3, -0.25) is 14.9 Å². The predicted molar refractivity (Wildman–Crippen MR) is 90.7 cm³/mol. The summed E-state index contributed by atoms with van der Waals surface area (Å²) in [7, 11) is 0. The number of carbonyl (C=O) groups excluding carboxylic acids is 2. The molecule has 1 atom stereocenters. The number of hydrogen-bond donors (Lipinski definition) is 3. The van der Waals surface area contributed by atoms with Crippen molar-refractivity contribution in [1.29, 1.82) is 0 Å². The highest BCUT2D eigenvalue weighted by molar-refractivity contribution is 7.98. The van der Waals surface area contributed by atoms with Crippen molar-refractivity contribution >= 4 is 41.1 Å². The van der Waals surface area contributed by atoms with Crippen LogP contribution < -0.4 is 10.6 Å². The van der Waals surface area contributed by atoms with Gasteiger partial charge in [-0.2, -0.15) is 21.8 Å². The Kier molecular flexibility index (Phi) is 6.42. The molecule has 0 bridgehead atoms. The second-order valence-electron chi connectivity index (χ2n) is 4.61. The summed E-state index contributed by atoms with van der Waals surface area (Å²) in [6, 6.07) is 5.99. The minimum atomic E-state index is -0.698. The van der Waals surface area contributed by atoms with Crippen LogP contribution in [0.1, 0.15) is 16.8 Å². The average molecular weight is 354 g/mol. The number of H-pyrrole nitrogens is 1. The molecule has 0 saturated heterocycles. The van der Waals surface area contributed by atoms with Gasteiger partial charge in [0.15, 0.2) is 0 Å². The second-order valence-corrected chi connectivity index (χ2v) is 6.00. The summed E-state index contributed by atoms with van der Waals surface area (Å²) >= 11 is 7.60. The molecule has 0 fully saturated rings. The molecule has 1 aromatic heterocycles. The third-order valence-corrected chi connectivity index (χ3v) is 3.98. The van der Waals surface area contributed by atoms with Crippen LogP contribution in [-0.2, 0) is 4.79 Å². The van der Waals surface area contributed by atoms with Crippen molar-refractivity contribution in [1.82, 2.24) is 20.5 Å². The predicted octanol–water partition coefficient (Wildman–Crippen LogP) is 1.95. The molecule has 0 saturated carbocycles. The second kappa shape index (κ2) is 8.54. The zero-order valence-electron chi connectivity index (χ0n) is 12.4. The molecule has 122 valence electrons. The lowest BCUT2D eigenvalue weighted by Gasteiger charge is -2.17. The van der Waals surface area contributed by atoms with Crippen LogP contribution in [0.4, 0.5) is 5.95 Å². The Morgan fingerprint density at radius 2 is 2.17 bits per heavy atom. The van der Waals surface area contributed by atoms with E-state index in [0.29, 0.717) is 17.0 Å². The Labute approximate surface area is 142 Å². The van der Waals surface area contributed by atoms with Gasteiger partial charge in [0.25, 0.3) is 5.91 Å². The minimum absolute atomic E-state index is 0.233. The lowest BCUT2D eigenvalue weighted by atomic mass is 10.1. The normalized spacial score (nSPS) is 11.7. The van der Waals surface area contributed by atoms with E-state index in [1.807, 2.05) is 6.26 Å². The molecule has 1 unspecified atom stereocenters. The number of thioether (sulfide) groups is 1. The standard InChI is InChI=1S/C14H16ClN5O2S/c1-23-7-6-11(13(22)19-14-16-8-17-20-14)18-12(21)9-4-2-3-5-10(9)15/h2-5,8,11H,6-7H2,1H3,(H,18,21)(H2,16,17,19,20,22). The number of carbonyl (C=O) groups is 2. The van der Waals surface area contributed by atoms with E-state index >= 15 is 0 Å². The maximum absolute atomic E-state index is 12.3. The van der Waals surface area contributed by atoms with Gasteiger partial charge in [0.1, 0.15) is 12.4 Å². The Hall–Kier alpha value is -2.06. The van der Waals surface area contributed by atoms with Crippen molar-refractivity contribution < 1.29 is 9.59 Å². The van der Waals surface area contributed by atoms with Crippen LogP contribution in [0.15, 0.2) is 30.6 Å². The van der Waals surface area contributed by atoms with Crippen molar-refractivity contribution in [2.45, 2.75) is 12.5 Å². The first-order chi connectivity index (χ1) is 11.1. The van der Waals surface area contributed by atoms with E-state index in [9.17, 15) is 9.59 Å². The number of nitrogens with zero attached hydrogens (tertiary/aromatic N) is 2. The molecule has 1 heterocycles. The van der Waals surface area contributed by atoms with E-state index < -0.39 is 11.9 Å². The van der Waals surface area contributed by atoms with E-state index in [2.05, 4.69) is 25.8 Å². The maximum atomic E-state index is 12.3. The highest BCUT2D eigenvalue weighted by atomic mass is 35.5. The Morgan fingerprint density at radius 3 is 2.83 bits per heavy atom. The fraction of sp³-hybridized carbons (Fsp3) is 0.286. The van der Waals surface area contributed by atoms with E-state index in [4.69, 9.17) is 11.6 Å². The summed E-state index contributed by atoms with van der Waals surface area (Å²) in [5.74, 6) is 0.193. The summed E-state index contributed by atoms with van der Waals surface area (Å²) in [5.41, 5.74) is 0.329. The summed E-state index contributed by atoms with van der Waals surface area (Å²) < 4.78 is 0. The fourth-order valence-corrected chi connectivity index (χ4v) is 2.55. The van der Waals surface area contributed by atoms with Gasteiger partial charge >= 0.3 is 0 Å². The van der Waals surface area contributed by atoms with Crippen LogP contribution in [0.2, 0.25) is 5.02 Å². The molecule has 3 N–H and O–H groups in total. The molecule has 23 heavy (non-hydrogen) atoms. The number of halogens is 1. The number of amides is 2. The van der Waals surface area contributed by atoms with Gasteiger partial charge in [-0.05, 0) is 30.6 Å². The van der Waals surface area contributed by atoms with Crippen LogP contribution in [0.5, 0.6) is 0 Å². The quantitative estimate of drug-likeness (QED) is 0.706. The van der Waals surface area contributed by atoms with Crippen molar-refractivity contribution in [3.63, 3.8) is 0 Å². The van der Waals surface area contributed by atoms with Gasteiger partial charge in [-0.15, -0.1) is 0 Å². The Morgan fingerprint density at radius 1 is 1.39 bits per heavy atom. The third kappa shape index (κ3) is 4.97. The molecule has 0 aliphatic rings. The number of anilines is 1. The van der Waals surface area contributed by atoms with E-state index in [-0.39, 0.29) is 11.9 Å². The van der Waals surface area contributed by atoms with Crippen LogP contribution in [0, 0.1) is 0 Å². The highest BCUT2D eigenvalue weighted by Crippen LogP contribution is 2.15. The third-order valence-electron chi connectivity index (χ3n) is 3.01. The van der Waals surface area contributed by atoms with Gasteiger partial charge in [-0.1, -0.05) is 23.7 Å². The summed E-state index contributed by atoms with van der Waals surface area (Å²) in [6.07, 6.45) is 3.70. The number of nitrogens with one attached hydrogen (secondary N) is 3. The molecular weight excluding hydrogens is 338 g/mol. The Bertz CT molecular complexity index is 665. The molecule has 0 aliphatic heterocycles. The number of aromatic amines is 1. The summed E-state index contributed by atoms with van der Waals surface area (Å²) in [5, 5.41) is 11.8. The van der Waals surface area contributed by atoms with E-state index in [1.165, 1.54) is 6.33 Å². The van der Waals surface area contributed by atoms with Crippen LogP contribution in [0.3, 0.4) is 0 Å². The lowest BCUT2D eigenvalue weighted by Crippen LogP contribution is -2.44. The number of hydrogen-bond acceptors (Lipinski definition) is 5. The molecule has 1 aromatic carbocycles. The first-order valence-electron chi connectivity index (χ1n) is 6.82. The maximum Gasteiger partial charge on any atom is 0.253 e. The van der Waals surface area contributed by atoms with Gasteiger partial charge in [0, 0.05) is 0 Å². The number of aromatic nitrogens is 3. The van der Waals surface area contributed by atoms with Crippen molar-refractivity contribution in [2.24, 2.45) is 0 Å². The number of rotatable bonds is 7. The molecular formula is C14H16ClN5O2S. The van der Waals surface area contributed by atoms with Crippen molar-refractivity contribution in [2.75, 3.05) is 17.3 Å². The smallest absolute Gasteiger partial charge is 0.253 e. The summed E-state index contributed by atoms with van der Waals surface area (Å²) in [4.78, 5) is 28.5. The average Bonchev–Trinajstić information content (AvgIpc) is 3.04. The first-order valence-corrected chi connectivity index (χ1v) is 8.59. The van der Waals surface area contributed by atoms with Gasteiger partial charge < -0.3 is 5.32 Å². The molecule has 2 amide bonds. The molecule has 0 spiro atoms. The van der Waals surface area contributed by atoms with Crippen molar-refractivity contribution in [3.8, 4) is 0 Å². The molecule has 7 nitrogen and oxygen atoms in total. The van der Waals surface area contributed by atoms with Gasteiger partial charge in [0.05, 0.1) is 10.6 Å². The summed E-state index contributed by atoms with van der Waals surface area (Å²) in [6.45, 7) is 0. The lowest BCUT2D eigenvalue weighted by molar-refractivity contribution is -0.118. The van der Waals surface area contributed by atoms with E-state index in [1.54, 1.807) is 36.0 Å². The first kappa shape index (κ1) is 17.3. The highest BCUT2D eigenvalue weighted by Gasteiger charge is 2.22. The van der Waals surface area contributed by atoms with Crippen LogP contribution in [-0.4, -0.2) is 45.0 Å². The molecule has 0 aliphatic carbocycles. The van der Waals surface area contributed by atoms with Crippen LogP contribution in [0.25, 0.3) is 0 Å². The van der Waals surface area contributed by atoms with E-state index in [0.717, 1.165) is 5.75 Å².